The van der Waals surface area contributed by atoms with Gasteiger partial charge >= 0.3 is 0 Å². The van der Waals surface area contributed by atoms with E-state index in [1.54, 1.807) is 25.1 Å². The van der Waals surface area contributed by atoms with Crippen molar-refractivity contribution >= 4 is 48.9 Å². The number of amides is 1. The van der Waals surface area contributed by atoms with Crippen LogP contribution < -0.4 is 9.73 Å². The monoisotopic (exact) mass is 530 g/mol. The Morgan fingerprint density at radius 1 is 1.06 bits per heavy atom. The summed E-state index contributed by atoms with van der Waals surface area (Å²) in [5.74, 6) is -0.713. The zero-order valence-corrected chi connectivity index (χ0v) is 19.8. The Bertz CT molecular complexity index is 1310. The fourth-order valence-electron chi connectivity index (χ4n) is 2.94. The van der Waals surface area contributed by atoms with Crippen LogP contribution in [0.25, 0.3) is 0 Å². The molecule has 1 amide bonds. The van der Waals surface area contributed by atoms with Crippen molar-refractivity contribution in [2.45, 2.75) is 11.8 Å². The van der Waals surface area contributed by atoms with Gasteiger partial charge in [-0.05, 0) is 42.8 Å². The number of hydrogen-bond donors (Lipinski definition) is 1. The fourth-order valence-corrected chi connectivity index (χ4v) is 4.92. The third-order valence-electron chi connectivity index (χ3n) is 4.55. The number of nitrogens with zero attached hydrogens (tertiary/aromatic N) is 3. The molecule has 0 radical (unpaired) electrons. The summed E-state index contributed by atoms with van der Waals surface area (Å²) in [4.78, 5) is 22.8. The highest BCUT2D eigenvalue weighted by Crippen LogP contribution is 2.29. The zero-order chi connectivity index (χ0) is 24.0. The molecule has 0 heterocycles. The molecule has 0 aromatic heterocycles. The number of para-hydroxylation sites is 2. The third-order valence-corrected chi connectivity index (χ3v) is 6.87. The van der Waals surface area contributed by atoms with Crippen LogP contribution in [-0.4, -0.2) is 31.5 Å². The molecule has 0 saturated carbocycles. The van der Waals surface area contributed by atoms with Crippen LogP contribution >= 0.6 is 15.9 Å². The van der Waals surface area contributed by atoms with E-state index in [-0.39, 0.29) is 5.69 Å². The lowest BCUT2D eigenvalue weighted by Gasteiger charge is -2.23. The number of rotatable bonds is 8. The van der Waals surface area contributed by atoms with Crippen molar-refractivity contribution in [1.29, 1.82) is 0 Å². The molecular formula is C22H19BrN4O5S. The maximum absolute atomic E-state index is 13.4. The molecule has 0 saturated heterocycles. The highest BCUT2D eigenvalue weighted by Gasteiger charge is 2.33. The van der Waals surface area contributed by atoms with Crippen molar-refractivity contribution in [2.75, 3.05) is 10.8 Å². The second-order valence-corrected chi connectivity index (χ2v) is 9.56. The van der Waals surface area contributed by atoms with Crippen LogP contribution in [0, 0.1) is 10.1 Å². The molecule has 0 aliphatic carbocycles. The quantitative estimate of drug-likeness (QED) is 0.267. The average Bonchev–Trinajstić information content (AvgIpc) is 2.81. The van der Waals surface area contributed by atoms with Crippen molar-refractivity contribution in [3.05, 3.63) is 99.0 Å². The molecule has 170 valence electrons. The van der Waals surface area contributed by atoms with E-state index in [0.717, 1.165) is 26.5 Å². The first kappa shape index (κ1) is 24.1. The van der Waals surface area contributed by atoms with Crippen LogP contribution in [0.15, 0.2) is 93.3 Å². The normalized spacial score (nSPS) is 11.6. The summed E-state index contributed by atoms with van der Waals surface area (Å²) < 4.78 is 28.4. The molecule has 11 heteroatoms. The Morgan fingerprint density at radius 2 is 1.73 bits per heavy atom. The maximum atomic E-state index is 13.4. The van der Waals surface area contributed by atoms with E-state index in [2.05, 4.69) is 26.5 Å². The molecule has 0 spiro atoms. The number of hydrazone groups is 1. The van der Waals surface area contributed by atoms with Crippen molar-refractivity contribution in [1.82, 2.24) is 5.43 Å². The lowest BCUT2D eigenvalue weighted by atomic mass is 10.1. The largest absolute Gasteiger partial charge is 0.289 e. The van der Waals surface area contributed by atoms with Crippen LogP contribution in [0.3, 0.4) is 0 Å². The van der Waals surface area contributed by atoms with E-state index in [9.17, 15) is 23.3 Å². The number of benzene rings is 3. The lowest BCUT2D eigenvalue weighted by molar-refractivity contribution is -0.387. The molecule has 0 fully saturated rings. The smallest absolute Gasteiger partial charge is 0.271 e. The molecule has 1 N–H and O–H groups in total. The number of nitrogens with one attached hydrogen (secondary N) is 1. The Hall–Kier alpha value is -3.57. The highest BCUT2D eigenvalue weighted by atomic mass is 79.9. The summed E-state index contributed by atoms with van der Waals surface area (Å²) in [6.45, 7) is 1.06. The summed E-state index contributed by atoms with van der Waals surface area (Å²) in [6, 6.07) is 20.2. The van der Waals surface area contributed by atoms with Gasteiger partial charge in [-0.15, -0.1) is 0 Å². The molecule has 33 heavy (non-hydrogen) atoms. The van der Waals surface area contributed by atoms with Crippen LogP contribution in [0.5, 0.6) is 0 Å². The van der Waals surface area contributed by atoms with Gasteiger partial charge in [-0.1, -0.05) is 58.4 Å². The van der Waals surface area contributed by atoms with Gasteiger partial charge in [0.1, 0.15) is 6.54 Å². The van der Waals surface area contributed by atoms with Crippen molar-refractivity contribution in [3.63, 3.8) is 0 Å². The van der Waals surface area contributed by atoms with Gasteiger partial charge in [0.25, 0.3) is 21.6 Å². The second-order valence-electron chi connectivity index (χ2n) is 6.81. The fraction of sp³-hybridized carbons (Fsp3) is 0.0909. The molecule has 0 aliphatic rings. The van der Waals surface area contributed by atoms with Crippen LogP contribution in [-0.2, 0) is 14.8 Å². The first-order valence-corrected chi connectivity index (χ1v) is 11.8. The number of sulfonamides is 1. The summed E-state index contributed by atoms with van der Waals surface area (Å²) in [7, 11) is -4.45. The molecule has 3 rings (SSSR count). The molecule has 0 bridgehead atoms. The minimum atomic E-state index is -4.45. The predicted molar refractivity (Wildman–Crippen MR) is 129 cm³/mol. The van der Waals surface area contributed by atoms with Crippen LogP contribution in [0.2, 0.25) is 0 Å². The summed E-state index contributed by atoms with van der Waals surface area (Å²) in [5, 5.41) is 15.5. The van der Waals surface area contributed by atoms with Crippen molar-refractivity contribution < 1.29 is 18.1 Å². The number of nitro benzene ring substituents is 1. The standard InChI is InChI=1S/C22H19BrN4O5S/c1-16(17-8-7-9-18(23)14-17)24-25-22(28)15-26(19-10-3-2-4-11-19)33(31,32)21-13-6-5-12-20(21)27(29)30/h2-14H,15H2,1H3,(H,25,28)/b24-16-. The molecule has 3 aromatic carbocycles. The number of anilines is 1. The summed E-state index contributed by atoms with van der Waals surface area (Å²) in [6.07, 6.45) is 0. The third kappa shape index (κ3) is 5.82. The van der Waals surface area contributed by atoms with Gasteiger partial charge in [-0.2, -0.15) is 5.10 Å². The number of carbonyl (C=O) groups is 1. The Balaban J connectivity index is 1.92. The topological polar surface area (TPSA) is 122 Å². The van der Waals surface area contributed by atoms with E-state index in [0.29, 0.717) is 5.71 Å². The predicted octanol–water partition coefficient (Wildman–Crippen LogP) is 4.09. The molecule has 3 aromatic rings. The zero-order valence-electron chi connectivity index (χ0n) is 17.4. The molecular weight excluding hydrogens is 512 g/mol. The number of nitro groups is 1. The van der Waals surface area contributed by atoms with E-state index in [1.165, 1.54) is 24.3 Å². The van der Waals surface area contributed by atoms with Gasteiger partial charge in [-0.3, -0.25) is 19.2 Å². The van der Waals surface area contributed by atoms with E-state index < -0.39 is 38.0 Å². The van der Waals surface area contributed by atoms with Crippen molar-refractivity contribution in [2.24, 2.45) is 5.10 Å². The van der Waals surface area contributed by atoms with E-state index in [1.807, 2.05) is 24.3 Å². The Kier molecular flexibility index (Phi) is 7.56. The van der Waals surface area contributed by atoms with E-state index >= 15 is 0 Å². The number of hydrogen-bond acceptors (Lipinski definition) is 6. The van der Waals surface area contributed by atoms with Crippen LogP contribution in [0.1, 0.15) is 12.5 Å². The maximum Gasteiger partial charge on any atom is 0.289 e. The first-order chi connectivity index (χ1) is 15.7. The SMILES string of the molecule is C/C(=N/NC(=O)CN(c1ccccc1)S(=O)(=O)c1ccccc1[N+](=O)[O-])c1cccc(Br)c1. The summed E-state index contributed by atoms with van der Waals surface area (Å²) >= 11 is 3.37. The average molecular weight is 531 g/mol. The van der Waals surface area contributed by atoms with Gasteiger partial charge in [0, 0.05) is 10.5 Å². The van der Waals surface area contributed by atoms with Gasteiger partial charge in [-0.25, -0.2) is 13.8 Å². The Morgan fingerprint density at radius 3 is 2.39 bits per heavy atom. The molecule has 0 atom stereocenters. The van der Waals surface area contributed by atoms with Crippen molar-refractivity contribution in [3.8, 4) is 0 Å². The molecule has 0 aliphatic heterocycles. The second kappa shape index (κ2) is 10.4. The summed E-state index contributed by atoms with van der Waals surface area (Å²) in [5.41, 5.74) is 3.23. The van der Waals surface area contributed by atoms with Crippen LogP contribution in [0.4, 0.5) is 11.4 Å². The Labute approximate surface area is 199 Å². The number of halogens is 1. The van der Waals surface area contributed by atoms with Gasteiger partial charge in [0.2, 0.25) is 0 Å². The van der Waals surface area contributed by atoms with Gasteiger partial charge in [0.05, 0.1) is 16.3 Å². The van der Waals surface area contributed by atoms with Gasteiger partial charge < -0.3 is 0 Å². The minimum Gasteiger partial charge on any atom is -0.271 e. The highest BCUT2D eigenvalue weighted by molar-refractivity contribution is 9.10. The lowest BCUT2D eigenvalue weighted by Crippen LogP contribution is -2.40. The van der Waals surface area contributed by atoms with Gasteiger partial charge in [0.15, 0.2) is 4.90 Å². The number of carbonyl (C=O) groups excluding carboxylic acids is 1. The molecule has 0 unspecified atom stereocenters. The first-order valence-electron chi connectivity index (χ1n) is 9.60. The van der Waals surface area contributed by atoms with E-state index in [4.69, 9.17) is 0 Å². The molecule has 9 nitrogen and oxygen atoms in total. The minimum absolute atomic E-state index is 0.179.